The molecule has 1 aliphatic carbocycles. The monoisotopic (exact) mass is 295 g/mol. The van der Waals surface area contributed by atoms with E-state index in [1.807, 2.05) is 7.05 Å². The van der Waals surface area contributed by atoms with Gasteiger partial charge in [-0.15, -0.1) is 0 Å². The summed E-state index contributed by atoms with van der Waals surface area (Å²) < 4.78 is 42.6. The van der Waals surface area contributed by atoms with Gasteiger partial charge < -0.3 is 10.1 Å². The number of hydrogen-bond donors (Lipinski definition) is 1. The zero-order valence-corrected chi connectivity index (χ0v) is 13.1. The zero-order chi connectivity index (χ0) is 15.4. The molecular formula is C15H28F3NO. The van der Waals surface area contributed by atoms with Crippen molar-refractivity contribution in [3.8, 4) is 0 Å². The molecule has 1 aliphatic rings. The minimum atomic E-state index is -4.06. The van der Waals surface area contributed by atoms with E-state index in [9.17, 15) is 13.2 Å². The van der Waals surface area contributed by atoms with Crippen molar-refractivity contribution in [1.82, 2.24) is 5.32 Å². The van der Waals surface area contributed by atoms with Gasteiger partial charge in [-0.2, -0.15) is 13.2 Å². The van der Waals surface area contributed by atoms with Gasteiger partial charge in [-0.05, 0) is 51.0 Å². The van der Waals surface area contributed by atoms with Gasteiger partial charge in [0.15, 0.2) is 0 Å². The third kappa shape index (κ3) is 4.92. The predicted molar refractivity (Wildman–Crippen MR) is 74.7 cm³/mol. The first-order valence-corrected chi connectivity index (χ1v) is 7.43. The smallest absolute Gasteiger partial charge is 0.377 e. The quantitative estimate of drug-likeness (QED) is 0.789. The van der Waals surface area contributed by atoms with Crippen LogP contribution in [0.5, 0.6) is 0 Å². The maximum absolute atomic E-state index is 12.3. The third-order valence-electron chi connectivity index (χ3n) is 4.79. The van der Waals surface area contributed by atoms with Gasteiger partial charge in [0.25, 0.3) is 0 Å². The van der Waals surface area contributed by atoms with E-state index in [1.165, 1.54) is 0 Å². The van der Waals surface area contributed by atoms with Crippen LogP contribution >= 0.6 is 0 Å². The summed E-state index contributed by atoms with van der Waals surface area (Å²) in [6, 6.07) is -0.00838. The van der Waals surface area contributed by atoms with Crippen LogP contribution in [0.1, 0.15) is 58.8 Å². The maximum Gasteiger partial charge on any atom is 0.389 e. The molecule has 1 fully saturated rings. The van der Waals surface area contributed by atoms with Crippen molar-refractivity contribution in [2.45, 2.75) is 76.6 Å². The van der Waals surface area contributed by atoms with Gasteiger partial charge in [0.05, 0.1) is 5.60 Å². The molecule has 0 aromatic heterocycles. The lowest BCUT2D eigenvalue weighted by molar-refractivity contribution is -0.138. The first-order valence-electron chi connectivity index (χ1n) is 7.43. The Kier molecular flexibility index (Phi) is 5.90. The number of halogens is 3. The van der Waals surface area contributed by atoms with E-state index in [2.05, 4.69) is 19.2 Å². The van der Waals surface area contributed by atoms with Crippen LogP contribution in [0, 0.1) is 5.41 Å². The van der Waals surface area contributed by atoms with E-state index >= 15 is 0 Å². The molecule has 2 nitrogen and oxygen atoms in total. The van der Waals surface area contributed by atoms with Crippen LogP contribution in [0.15, 0.2) is 0 Å². The number of nitrogens with one attached hydrogen (secondary N) is 1. The Hall–Kier alpha value is -0.290. The molecular weight excluding hydrogens is 267 g/mol. The van der Waals surface area contributed by atoms with Crippen LogP contribution in [0.2, 0.25) is 0 Å². The number of likely N-dealkylation sites (N-methyl/N-ethyl adjacent to an activating group) is 1. The predicted octanol–water partition coefficient (Wildman–Crippen LogP) is 4.29. The van der Waals surface area contributed by atoms with Crippen LogP contribution < -0.4 is 5.32 Å². The lowest BCUT2D eigenvalue weighted by atomic mass is 9.68. The van der Waals surface area contributed by atoms with Crippen LogP contribution in [-0.4, -0.2) is 32.0 Å². The van der Waals surface area contributed by atoms with Crippen molar-refractivity contribution in [3.05, 3.63) is 0 Å². The number of alkyl halides is 3. The van der Waals surface area contributed by atoms with Gasteiger partial charge in [-0.1, -0.05) is 13.8 Å². The zero-order valence-electron chi connectivity index (χ0n) is 13.1. The van der Waals surface area contributed by atoms with Gasteiger partial charge in [0.2, 0.25) is 0 Å². The molecule has 0 saturated heterocycles. The van der Waals surface area contributed by atoms with Gasteiger partial charge in [-0.25, -0.2) is 0 Å². The summed E-state index contributed by atoms with van der Waals surface area (Å²) >= 11 is 0. The lowest BCUT2D eigenvalue weighted by Gasteiger charge is -2.47. The summed E-state index contributed by atoms with van der Waals surface area (Å²) in [5.41, 5.74) is 0.00214. The molecule has 0 aliphatic heterocycles. The van der Waals surface area contributed by atoms with Gasteiger partial charge in [0.1, 0.15) is 0 Å². The van der Waals surface area contributed by atoms with Crippen molar-refractivity contribution in [2.24, 2.45) is 5.41 Å². The molecule has 0 spiro atoms. The molecule has 0 amide bonds. The normalized spacial score (nSPS) is 23.6. The molecule has 1 unspecified atom stereocenters. The number of methoxy groups -OCH3 is 1. The Morgan fingerprint density at radius 1 is 1.15 bits per heavy atom. The van der Waals surface area contributed by atoms with Crippen molar-refractivity contribution in [3.63, 3.8) is 0 Å². The van der Waals surface area contributed by atoms with Gasteiger partial charge in [-0.3, -0.25) is 0 Å². The molecule has 0 heterocycles. The Morgan fingerprint density at radius 3 is 2.10 bits per heavy atom. The highest BCUT2D eigenvalue weighted by atomic mass is 19.4. The molecule has 120 valence electrons. The second-order valence-electron chi connectivity index (χ2n) is 6.78. The Labute approximate surface area is 120 Å². The Morgan fingerprint density at radius 2 is 1.70 bits per heavy atom. The van der Waals surface area contributed by atoms with Crippen LogP contribution in [-0.2, 0) is 4.74 Å². The minimum Gasteiger partial charge on any atom is -0.377 e. The molecule has 0 bridgehead atoms. The minimum absolute atomic E-state index is 0.00838. The highest BCUT2D eigenvalue weighted by Crippen LogP contribution is 2.44. The highest BCUT2D eigenvalue weighted by Gasteiger charge is 2.43. The van der Waals surface area contributed by atoms with E-state index < -0.39 is 12.6 Å². The highest BCUT2D eigenvalue weighted by molar-refractivity contribution is 4.98. The fraction of sp³-hybridized carbons (Fsp3) is 1.00. The first kappa shape index (κ1) is 17.8. The summed E-state index contributed by atoms with van der Waals surface area (Å²) in [4.78, 5) is 0. The maximum atomic E-state index is 12.3. The number of hydrogen-bond acceptors (Lipinski definition) is 2. The number of rotatable bonds is 6. The summed E-state index contributed by atoms with van der Waals surface area (Å²) in [5, 5.41) is 3.18. The molecule has 1 rings (SSSR count). The molecule has 1 N–H and O–H groups in total. The third-order valence-corrected chi connectivity index (χ3v) is 4.79. The van der Waals surface area contributed by atoms with Crippen molar-refractivity contribution < 1.29 is 17.9 Å². The van der Waals surface area contributed by atoms with Gasteiger partial charge >= 0.3 is 6.18 Å². The summed E-state index contributed by atoms with van der Waals surface area (Å²) in [7, 11) is 3.51. The molecule has 20 heavy (non-hydrogen) atoms. The summed E-state index contributed by atoms with van der Waals surface area (Å²) in [6.45, 7) is 4.48. The summed E-state index contributed by atoms with van der Waals surface area (Å²) in [6.07, 6.45) is -0.185. The first-order chi connectivity index (χ1) is 9.14. The fourth-order valence-corrected chi connectivity index (χ4v) is 3.22. The van der Waals surface area contributed by atoms with Crippen molar-refractivity contribution in [2.75, 3.05) is 14.2 Å². The molecule has 0 radical (unpaired) electrons. The topological polar surface area (TPSA) is 21.3 Å². The van der Waals surface area contributed by atoms with E-state index in [1.54, 1.807) is 7.11 Å². The molecule has 1 atom stereocenters. The average Bonchev–Trinajstić information content (AvgIpc) is 2.35. The summed E-state index contributed by atoms with van der Waals surface area (Å²) in [5.74, 6) is 0. The van der Waals surface area contributed by atoms with E-state index in [0.29, 0.717) is 11.8 Å². The Bertz CT molecular complexity index is 292. The van der Waals surface area contributed by atoms with Crippen molar-refractivity contribution >= 4 is 0 Å². The van der Waals surface area contributed by atoms with Crippen molar-refractivity contribution in [1.29, 1.82) is 0 Å². The van der Waals surface area contributed by atoms with Gasteiger partial charge in [0, 0.05) is 19.6 Å². The second-order valence-corrected chi connectivity index (χ2v) is 6.78. The van der Waals surface area contributed by atoms with E-state index in [0.717, 1.165) is 25.7 Å². The average molecular weight is 295 g/mol. The number of ether oxygens (including phenoxy) is 1. The van der Waals surface area contributed by atoms with Crippen LogP contribution in [0.25, 0.3) is 0 Å². The lowest BCUT2D eigenvalue weighted by Crippen LogP contribution is -2.53. The fourth-order valence-electron chi connectivity index (χ4n) is 3.22. The largest absolute Gasteiger partial charge is 0.389 e. The standard InChI is InChI=1S/C15H28F3NO/c1-13(2)8-10-14(20-4,11-9-13)12(19-3)6-5-7-15(16,17)18/h12,19H,5-11H2,1-4H3. The van der Waals surface area contributed by atoms with Crippen LogP contribution in [0.4, 0.5) is 13.2 Å². The van der Waals surface area contributed by atoms with E-state index in [-0.39, 0.29) is 18.1 Å². The Balaban J connectivity index is 2.61. The molecule has 1 saturated carbocycles. The van der Waals surface area contributed by atoms with E-state index in [4.69, 9.17) is 4.74 Å². The SMILES string of the molecule is CNC(CCCC(F)(F)F)C1(OC)CCC(C)(C)CC1. The molecule has 0 aromatic carbocycles. The second kappa shape index (κ2) is 6.65. The molecule has 5 heteroatoms. The molecule has 0 aromatic rings. The van der Waals surface area contributed by atoms with Crippen LogP contribution in [0.3, 0.4) is 0 Å².